The number of Topliss-reactive ketones (excluding diaryl/α,β-unsaturated/α-hetero) is 1. The van der Waals surface area contributed by atoms with E-state index in [1.54, 1.807) is 0 Å². The van der Waals surface area contributed by atoms with Gasteiger partial charge in [0.25, 0.3) is 0 Å². The van der Waals surface area contributed by atoms with Gasteiger partial charge in [0.05, 0.1) is 5.60 Å². The van der Waals surface area contributed by atoms with Crippen LogP contribution in [0.25, 0.3) is 0 Å². The quantitative estimate of drug-likeness (QED) is 0.624. The summed E-state index contributed by atoms with van der Waals surface area (Å²) < 4.78 is 5.96. The molecule has 1 N–H and O–H groups in total. The third kappa shape index (κ3) is 8.50. The highest BCUT2D eigenvalue weighted by atomic mass is 16.5. The summed E-state index contributed by atoms with van der Waals surface area (Å²) in [4.78, 5) is 23.9. The number of carbonyl (C=O) groups is 2. The maximum absolute atomic E-state index is 12.2. The number of amides is 1. The smallest absolute Gasteiger partial charge is 0.222 e. The van der Waals surface area contributed by atoms with Crippen LogP contribution in [0.5, 0.6) is 0 Å². The second-order valence-corrected chi connectivity index (χ2v) is 8.11. The molecule has 1 unspecified atom stereocenters. The molecule has 0 saturated heterocycles. The molecule has 0 aliphatic heterocycles. The zero-order valence-electron chi connectivity index (χ0n) is 16.4. The molecule has 0 radical (unpaired) electrons. The van der Waals surface area contributed by atoms with Gasteiger partial charge in [-0.2, -0.15) is 0 Å². The maximum Gasteiger partial charge on any atom is 0.222 e. The summed E-state index contributed by atoms with van der Waals surface area (Å²) in [6.45, 7) is 17.0. The van der Waals surface area contributed by atoms with E-state index in [1.165, 1.54) is 0 Å². The molecule has 0 bridgehead atoms. The Bertz CT molecular complexity index is 386. The summed E-state index contributed by atoms with van der Waals surface area (Å²) in [6, 6.07) is 0. The summed E-state index contributed by atoms with van der Waals surface area (Å²) in [5.74, 6) is 0.488. The van der Waals surface area contributed by atoms with Crippen molar-refractivity contribution in [2.24, 2.45) is 17.3 Å². The van der Waals surface area contributed by atoms with Crippen LogP contribution in [-0.2, 0) is 14.3 Å². The van der Waals surface area contributed by atoms with Crippen LogP contribution in [-0.4, -0.2) is 30.4 Å². The minimum atomic E-state index is -0.352. The lowest BCUT2D eigenvalue weighted by Crippen LogP contribution is -2.36. The van der Waals surface area contributed by atoms with E-state index in [9.17, 15) is 9.59 Å². The number of ether oxygens (including phenoxy) is 1. The van der Waals surface area contributed by atoms with Crippen molar-refractivity contribution < 1.29 is 14.3 Å². The largest absolute Gasteiger partial charge is 0.375 e. The molecule has 0 spiro atoms. The number of carbonyl (C=O) groups excluding carboxylic acids is 2. The fourth-order valence-electron chi connectivity index (χ4n) is 2.41. The van der Waals surface area contributed by atoms with E-state index in [2.05, 4.69) is 5.32 Å². The van der Waals surface area contributed by atoms with Crippen molar-refractivity contribution in [1.82, 2.24) is 5.32 Å². The minimum absolute atomic E-state index is 0.0498. The van der Waals surface area contributed by atoms with Crippen molar-refractivity contribution in [2.45, 2.75) is 80.3 Å². The van der Waals surface area contributed by atoms with Gasteiger partial charge in [0, 0.05) is 30.4 Å². The van der Waals surface area contributed by atoms with E-state index in [4.69, 9.17) is 4.74 Å². The molecule has 0 aliphatic rings. The normalized spacial score (nSPS) is 14.0. The lowest BCUT2D eigenvalue weighted by molar-refractivity contribution is -0.132. The number of nitrogens with one attached hydrogen (secondary N) is 1. The summed E-state index contributed by atoms with van der Waals surface area (Å²) in [7, 11) is 0. The molecule has 0 aromatic rings. The fraction of sp³-hybridized carbons (Fsp3) is 0.895. The van der Waals surface area contributed by atoms with Crippen LogP contribution in [0.1, 0.15) is 74.7 Å². The first kappa shape index (κ1) is 22.1. The molecule has 4 nitrogen and oxygen atoms in total. The molecule has 0 saturated carbocycles. The van der Waals surface area contributed by atoms with Crippen molar-refractivity contribution in [1.29, 1.82) is 0 Å². The Labute approximate surface area is 142 Å². The number of hydrogen-bond acceptors (Lipinski definition) is 3. The van der Waals surface area contributed by atoms with Crippen LogP contribution in [0.2, 0.25) is 0 Å². The number of rotatable bonds is 11. The summed E-state index contributed by atoms with van der Waals surface area (Å²) in [5, 5.41) is 2.96. The van der Waals surface area contributed by atoms with Gasteiger partial charge in [0.1, 0.15) is 5.78 Å². The molecule has 0 rings (SSSR count). The van der Waals surface area contributed by atoms with Crippen LogP contribution in [0.4, 0.5) is 0 Å². The topological polar surface area (TPSA) is 55.4 Å². The number of hydrogen-bond donors (Lipinski definition) is 1. The third-order valence-corrected chi connectivity index (χ3v) is 4.50. The second-order valence-electron chi connectivity index (χ2n) is 8.11. The molecule has 0 fully saturated rings. The van der Waals surface area contributed by atoms with Gasteiger partial charge in [0.15, 0.2) is 0 Å². The van der Waals surface area contributed by atoms with E-state index < -0.39 is 0 Å². The van der Waals surface area contributed by atoms with Crippen molar-refractivity contribution in [3.63, 3.8) is 0 Å². The maximum atomic E-state index is 12.2. The highest BCUT2D eigenvalue weighted by molar-refractivity contribution is 5.85. The van der Waals surface area contributed by atoms with Crippen LogP contribution < -0.4 is 5.32 Å². The zero-order chi connectivity index (χ0) is 18.3. The molecule has 136 valence electrons. The Hall–Kier alpha value is -0.900. The molecular weight excluding hydrogens is 290 g/mol. The molecule has 23 heavy (non-hydrogen) atoms. The van der Waals surface area contributed by atoms with Gasteiger partial charge in [-0.15, -0.1) is 0 Å². The predicted octanol–water partition coefficient (Wildman–Crippen LogP) is 3.98. The number of ketones is 1. The van der Waals surface area contributed by atoms with Crippen molar-refractivity contribution in [2.75, 3.05) is 13.2 Å². The summed E-state index contributed by atoms with van der Waals surface area (Å²) >= 11 is 0. The van der Waals surface area contributed by atoms with Crippen LogP contribution >= 0.6 is 0 Å². The van der Waals surface area contributed by atoms with Crippen molar-refractivity contribution >= 4 is 11.7 Å². The average molecular weight is 328 g/mol. The molecule has 0 aliphatic carbocycles. The molecule has 4 heteroatoms. The van der Waals surface area contributed by atoms with Gasteiger partial charge in [0.2, 0.25) is 5.91 Å². The SMILES string of the molecule is CCC(C)C(=O)NCCC(C)(C)OCCC(C)(C)C(=O)C(C)C. The fourth-order valence-corrected chi connectivity index (χ4v) is 2.41. The van der Waals surface area contributed by atoms with Crippen molar-refractivity contribution in [3.8, 4) is 0 Å². The van der Waals surface area contributed by atoms with E-state index in [1.807, 2.05) is 55.4 Å². The Morgan fingerprint density at radius 2 is 1.61 bits per heavy atom. The Balaban J connectivity index is 4.19. The highest BCUT2D eigenvalue weighted by Gasteiger charge is 2.30. The van der Waals surface area contributed by atoms with Gasteiger partial charge in [-0.05, 0) is 33.1 Å². The van der Waals surface area contributed by atoms with E-state index in [0.717, 1.165) is 12.8 Å². The molecule has 0 aromatic heterocycles. The molecular formula is C19H37NO3. The Kier molecular flexibility index (Phi) is 9.04. The van der Waals surface area contributed by atoms with Crippen LogP contribution in [0.15, 0.2) is 0 Å². The van der Waals surface area contributed by atoms with Gasteiger partial charge in [-0.3, -0.25) is 9.59 Å². The summed E-state index contributed by atoms with van der Waals surface area (Å²) in [5.41, 5.74) is -0.658. The predicted molar refractivity (Wildman–Crippen MR) is 95.4 cm³/mol. The van der Waals surface area contributed by atoms with Gasteiger partial charge in [-0.25, -0.2) is 0 Å². The van der Waals surface area contributed by atoms with Gasteiger partial charge in [-0.1, -0.05) is 41.5 Å². The lowest BCUT2D eigenvalue weighted by Gasteiger charge is -2.30. The lowest BCUT2D eigenvalue weighted by atomic mass is 9.80. The molecule has 1 atom stereocenters. The Morgan fingerprint density at radius 3 is 2.09 bits per heavy atom. The van der Waals surface area contributed by atoms with Gasteiger partial charge >= 0.3 is 0 Å². The van der Waals surface area contributed by atoms with Gasteiger partial charge < -0.3 is 10.1 Å². The monoisotopic (exact) mass is 327 g/mol. The first-order valence-corrected chi connectivity index (χ1v) is 8.89. The van der Waals surface area contributed by atoms with Crippen LogP contribution in [0.3, 0.4) is 0 Å². The zero-order valence-corrected chi connectivity index (χ0v) is 16.4. The second kappa shape index (κ2) is 9.41. The first-order valence-electron chi connectivity index (χ1n) is 8.89. The summed E-state index contributed by atoms with van der Waals surface area (Å²) in [6.07, 6.45) is 2.32. The standard InChI is InChI=1S/C19H37NO3/c1-9-15(4)17(22)20-12-10-19(7,8)23-13-11-18(5,6)16(21)14(2)3/h14-15H,9-13H2,1-8H3,(H,20,22). The van der Waals surface area contributed by atoms with E-state index in [-0.39, 0.29) is 34.5 Å². The molecule has 0 aromatic carbocycles. The Morgan fingerprint density at radius 1 is 1.04 bits per heavy atom. The molecule has 1 amide bonds. The third-order valence-electron chi connectivity index (χ3n) is 4.50. The van der Waals surface area contributed by atoms with Crippen molar-refractivity contribution in [3.05, 3.63) is 0 Å². The van der Waals surface area contributed by atoms with E-state index >= 15 is 0 Å². The highest BCUT2D eigenvalue weighted by Crippen LogP contribution is 2.27. The van der Waals surface area contributed by atoms with E-state index in [0.29, 0.717) is 19.6 Å². The van der Waals surface area contributed by atoms with Crippen LogP contribution in [0, 0.1) is 17.3 Å². The minimum Gasteiger partial charge on any atom is -0.375 e. The average Bonchev–Trinajstić information content (AvgIpc) is 2.44. The molecule has 0 heterocycles. The first-order chi connectivity index (χ1) is 10.4.